The number of nitrogens with zero attached hydrogens (tertiary/aromatic N) is 2. The Balaban J connectivity index is 2.71. The van der Waals surface area contributed by atoms with Crippen molar-refractivity contribution in [3.63, 3.8) is 0 Å². The Morgan fingerprint density at radius 1 is 1.65 bits per heavy atom. The largest absolute Gasteiger partial charge is 0.394 e. The molecule has 1 atom stereocenters. The van der Waals surface area contributed by atoms with Crippen molar-refractivity contribution < 1.29 is 15.0 Å². The third-order valence-corrected chi connectivity index (χ3v) is 2.15. The lowest BCUT2D eigenvalue weighted by Gasteiger charge is -2.08. The van der Waals surface area contributed by atoms with Crippen LogP contribution in [0.15, 0.2) is 12.1 Å². The summed E-state index contributed by atoms with van der Waals surface area (Å²) >= 11 is 0. The number of rotatable bonds is 4. The van der Waals surface area contributed by atoms with E-state index < -0.39 is 18.6 Å². The van der Waals surface area contributed by atoms with Crippen molar-refractivity contribution in [2.24, 2.45) is 0 Å². The predicted octanol–water partition coefficient (Wildman–Crippen LogP) is -0.655. The number of aryl methyl sites for hydroxylation is 1. The topological polar surface area (TPSA) is 106 Å². The molecule has 0 aliphatic carbocycles. The normalized spacial score (nSPS) is 11.6. The van der Waals surface area contributed by atoms with Gasteiger partial charge in [0.15, 0.2) is 0 Å². The smallest absolute Gasteiger partial charge is 0.269 e. The van der Waals surface area contributed by atoms with E-state index in [0.717, 1.165) is 0 Å². The van der Waals surface area contributed by atoms with Crippen LogP contribution in [0.2, 0.25) is 0 Å². The Bertz CT molecular complexity index is 454. The summed E-state index contributed by atoms with van der Waals surface area (Å²) in [7, 11) is 0. The number of nitriles is 1. The molecular formula is C11H13N3O3. The molecule has 1 heterocycles. The average molecular weight is 235 g/mol. The van der Waals surface area contributed by atoms with E-state index in [2.05, 4.69) is 10.3 Å². The van der Waals surface area contributed by atoms with Crippen LogP contribution in [-0.2, 0) is 0 Å². The number of aliphatic hydroxyl groups excluding tert-OH is 2. The second kappa shape index (κ2) is 5.94. The van der Waals surface area contributed by atoms with Crippen LogP contribution in [0.25, 0.3) is 0 Å². The van der Waals surface area contributed by atoms with Gasteiger partial charge in [-0.1, -0.05) is 0 Å². The van der Waals surface area contributed by atoms with Gasteiger partial charge in [0, 0.05) is 6.54 Å². The Morgan fingerprint density at radius 2 is 2.35 bits per heavy atom. The average Bonchev–Trinajstić information content (AvgIpc) is 2.35. The van der Waals surface area contributed by atoms with E-state index in [4.69, 9.17) is 15.5 Å². The highest BCUT2D eigenvalue weighted by Gasteiger charge is 2.10. The van der Waals surface area contributed by atoms with Gasteiger partial charge in [0.1, 0.15) is 11.8 Å². The lowest BCUT2D eigenvalue weighted by molar-refractivity contribution is 0.0798. The van der Waals surface area contributed by atoms with Gasteiger partial charge in [-0.2, -0.15) is 5.26 Å². The zero-order valence-electron chi connectivity index (χ0n) is 9.34. The molecule has 3 N–H and O–H groups in total. The summed E-state index contributed by atoms with van der Waals surface area (Å²) in [4.78, 5) is 15.5. The monoisotopic (exact) mass is 235 g/mol. The van der Waals surface area contributed by atoms with Crippen LogP contribution in [0.5, 0.6) is 0 Å². The van der Waals surface area contributed by atoms with Crippen molar-refractivity contribution in [1.29, 1.82) is 5.26 Å². The molecule has 1 aromatic heterocycles. The van der Waals surface area contributed by atoms with E-state index in [-0.39, 0.29) is 12.2 Å². The summed E-state index contributed by atoms with van der Waals surface area (Å²) in [6.45, 7) is 1.17. The fraction of sp³-hybridized carbons (Fsp3) is 0.364. The summed E-state index contributed by atoms with van der Waals surface area (Å²) < 4.78 is 0. The van der Waals surface area contributed by atoms with Crippen LogP contribution in [0.1, 0.15) is 21.7 Å². The number of hydrogen-bond acceptors (Lipinski definition) is 5. The molecule has 0 radical (unpaired) electrons. The summed E-state index contributed by atoms with van der Waals surface area (Å²) in [6.07, 6.45) is -0.988. The van der Waals surface area contributed by atoms with E-state index in [9.17, 15) is 4.79 Å². The van der Waals surface area contributed by atoms with Crippen LogP contribution < -0.4 is 5.32 Å². The lowest BCUT2D eigenvalue weighted by Crippen LogP contribution is -2.34. The second-order valence-corrected chi connectivity index (χ2v) is 3.49. The third kappa shape index (κ3) is 3.52. The number of carbonyl (C=O) groups excluding carboxylic acids is 1. The minimum Gasteiger partial charge on any atom is -0.394 e. The van der Waals surface area contributed by atoms with E-state index in [1.165, 1.54) is 12.1 Å². The molecule has 0 spiro atoms. The first kappa shape index (κ1) is 13.1. The molecule has 0 aliphatic heterocycles. The van der Waals surface area contributed by atoms with Crippen LogP contribution in [0, 0.1) is 18.3 Å². The van der Waals surface area contributed by atoms with Crippen molar-refractivity contribution >= 4 is 5.91 Å². The van der Waals surface area contributed by atoms with Gasteiger partial charge >= 0.3 is 0 Å². The van der Waals surface area contributed by atoms with Crippen molar-refractivity contribution in [2.75, 3.05) is 13.2 Å². The molecule has 0 aliphatic rings. The highest BCUT2D eigenvalue weighted by atomic mass is 16.3. The van der Waals surface area contributed by atoms with E-state index in [1.807, 2.05) is 6.07 Å². The first-order valence-corrected chi connectivity index (χ1v) is 5.03. The summed E-state index contributed by atoms with van der Waals surface area (Å²) in [5.41, 5.74) is 1.06. The predicted molar refractivity (Wildman–Crippen MR) is 59.1 cm³/mol. The fourth-order valence-corrected chi connectivity index (χ4v) is 1.17. The maximum atomic E-state index is 11.6. The molecule has 6 heteroatoms. The number of amides is 1. The van der Waals surface area contributed by atoms with Gasteiger partial charge in [-0.3, -0.25) is 4.79 Å². The van der Waals surface area contributed by atoms with Crippen molar-refractivity contribution in [2.45, 2.75) is 13.0 Å². The molecule has 0 bridgehead atoms. The number of aliphatic hydroxyl groups is 2. The number of hydrogen-bond donors (Lipinski definition) is 3. The zero-order valence-corrected chi connectivity index (χ0v) is 9.34. The van der Waals surface area contributed by atoms with Gasteiger partial charge < -0.3 is 15.5 Å². The second-order valence-electron chi connectivity index (χ2n) is 3.49. The Kier molecular flexibility index (Phi) is 4.57. The molecule has 17 heavy (non-hydrogen) atoms. The Labute approximate surface area is 98.5 Å². The standard InChI is InChI=1S/C11H13N3O3/c1-7-8(4-12)2-3-10(14-7)11(17)13-5-9(16)6-15/h2-3,9,15-16H,5-6H2,1H3,(H,13,17). The SMILES string of the molecule is Cc1nc(C(=O)NCC(O)CO)ccc1C#N. The van der Waals surface area contributed by atoms with Crippen molar-refractivity contribution in [1.82, 2.24) is 10.3 Å². The Morgan fingerprint density at radius 3 is 2.88 bits per heavy atom. The first-order valence-electron chi connectivity index (χ1n) is 5.03. The van der Waals surface area contributed by atoms with E-state index >= 15 is 0 Å². The highest BCUT2D eigenvalue weighted by Crippen LogP contribution is 2.05. The zero-order chi connectivity index (χ0) is 12.8. The molecule has 1 amide bonds. The Hall–Kier alpha value is -1.97. The van der Waals surface area contributed by atoms with Gasteiger partial charge in [0.05, 0.1) is 24.0 Å². The van der Waals surface area contributed by atoms with Gasteiger partial charge in [-0.15, -0.1) is 0 Å². The number of pyridine rings is 1. The minimum atomic E-state index is -0.988. The molecule has 1 aromatic rings. The molecule has 6 nitrogen and oxygen atoms in total. The van der Waals surface area contributed by atoms with Crippen LogP contribution in [-0.4, -0.2) is 40.4 Å². The van der Waals surface area contributed by atoms with Crippen molar-refractivity contribution in [3.05, 3.63) is 29.1 Å². The minimum absolute atomic E-state index is 0.0456. The number of nitrogens with one attached hydrogen (secondary N) is 1. The molecule has 0 aromatic carbocycles. The summed E-state index contributed by atoms with van der Waals surface area (Å²) in [6, 6.07) is 4.90. The highest BCUT2D eigenvalue weighted by molar-refractivity contribution is 5.92. The lowest BCUT2D eigenvalue weighted by atomic mass is 10.2. The van der Waals surface area contributed by atoms with Gasteiger partial charge in [-0.25, -0.2) is 4.98 Å². The van der Waals surface area contributed by atoms with Gasteiger partial charge in [0.2, 0.25) is 0 Å². The quantitative estimate of drug-likeness (QED) is 0.642. The summed E-state index contributed by atoms with van der Waals surface area (Å²) in [5, 5.41) is 28.8. The maximum absolute atomic E-state index is 11.6. The van der Waals surface area contributed by atoms with Gasteiger partial charge in [0.25, 0.3) is 5.91 Å². The van der Waals surface area contributed by atoms with E-state index in [0.29, 0.717) is 11.3 Å². The number of aromatic nitrogens is 1. The van der Waals surface area contributed by atoms with Crippen LogP contribution in [0.4, 0.5) is 0 Å². The molecule has 0 fully saturated rings. The third-order valence-electron chi connectivity index (χ3n) is 2.15. The summed E-state index contributed by atoms with van der Waals surface area (Å²) in [5.74, 6) is -0.454. The molecule has 0 saturated heterocycles. The van der Waals surface area contributed by atoms with Gasteiger partial charge in [-0.05, 0) is 19.1 Å². The molecule has 1 rings (SSSR count). The molecule has 90 valence electrons. The van der Waals surface area contributed by atoms with Crippen LogP contribution >= 0.6 is 0 Å². The number of carbonyl (C=O) groups is 1. The van der Waals surface area contributed by atoms with Crippen LogP contribution in [0.3, 0.4) is 0 Å². The van der Waals surface area contributed by atoms with Crippen molar-refractivity contribution in [3.8, 4) is 6.07 Å². The molecular weight excluding hydrogens is 222 g/mol. The maximum Gasteiger partial charge on any atom is 0.269 e. The molecule has 1 unspecified atom stereocenters. The fourth-order valence-electron chi connectivity index (χ4n) is 1.17. The molecule has 0 saturated carbocycles. The first-order chi connectivity index (χ1) is 8.08. The van der Waals surface area contributed by atoms with E-state index in [1.54, 1.807) is 6.92 Å².